The third-order valence-electron chi connectivity index (χ3n) is 3.79. The Morgan fingerprint density at radius 1 is 0.861 bits per heavy atom. The lowest BCUT2D eigenvalue weighted by Crippen LogP contribution is -1.98. The van der Waals surface area contributed by atoms with Gasteiger partial charge in [-0.05, 0) is 59.3 Å². The number of hydrogen-bond acceptors (Lipinski definition) is 8. The molecule has 0 saturated heterocycles. The van der Waals surface area contributed by atoms with Crippen LogP contribution < -0.4 is 0 Å². The summed E-state index contributed by atoms with van der Waals surface area (Å²) in [4.78, 5) is 22.4. The average Bonchev–Trinajstić information content (AvgIpc) is 2.86. The number of ketones is 1. The fraction of sp³-hybridized carbons (Fsp3) is 0.125. The first-order chi connectivity index (χ1) is 17.1. The molecule has 0 aliphatic carbocycles. The molecule has 3 aromatic rings. The fourth-order valence-electron chi connectivity index (χ4n) is 2.14. The van der Waals surface area contributed by atoms with Gasteiger partial charge in [0.25, 0.3) is 0 Å². The lowest BCUT2D eigenvalue weighted by Gasteiger charge is -2.06. The first-order valence-electron chi connectivity index (χ1n) is 9.76. The number of carbonyl (C=O) groups is 1. The van der Waals surface area contributed by atoms with E-state index in [4.69, 9.17) is 55.3 Å². The minimum Gasteiger partial charge on any atom is -0.492 e. The molecule has 0 atom stereocenters. The summed E-state index contributed by atoms with van der Waals surface area (Å²) < 4.78 is 5.78. The first-order valence-corrected chi connectivity index (χ1v) is 11.7. The van der Waals surface area contributed by atoms with E-state index in [-0.39, 0.29) is 33.6 Å². The molecule has 0 bridgehead atoms. The van der Waals surface area contributed by atoms with E-state index in [9.17, 15) is 4.79 Å². The van der Waals surface area contributed by atoms with Crippen molar-refractivity contribution in [2.24, 2.45) is 0 Å². The topological polar surface area (TPSA) is 136 Å². The molecule has 36 heavy (non-hydrogen) atoms. The standard InChI is InChI=1S/C10H9ClN2O.C8H5ClN2O.C6H2BrClN2/c1-3-14-7(2)9-5-4-8(11)10(6-12)13-9;1-5(12)7-3-2-6(9)8(4-10)11-7;7-6-2-1-4(8)5(3-9)10-6/h4-5H,2-3H2,1H3;2-3H,1H3;1-2H. The molecular formula is C24H16BrCl3N6O2. The SMILES string of the molecule is C=C(OCC)c1ccc(Cl)c(C#N)n1.CC(=O)c1ccc(Cl)c(C#N)n1.N#Cc1nc(Br)ccc1Cl. The van der Waals surface area contributed by atoms with Crippen LogP contribution in [0.2, 0.25) is 15.1 Å². The van der Waals surface area contributed by atoms with E-state index in [1.165, 1.54) is 19.1 Å². The van der Waals surface area contributed by atoms with Crippen molar-refractivity contribution in [3.8, 4) is 18.2 Å². The molecule has 0 unspecified atom stereocenters. The van der Waals surface area contributed by atoms with Crippen LogP contribution in [0.5, 0.6) is 0 Å². The molecule has 0 fully saturated rings. The Kier molecular flexibility index (Phi) is 13.1. The number of aromatic nitrogens is 3. The van der Waals surface area contributed by atoms with E-state index in [1.54, 1.807) is 30.3 Å². The Morgan fingerprint density at radius 2 is 1.28 bits per heavy atom. The zero-order valence-electron chi connectivity index (χ0n) is 18.9. The zero-order chi connectivity index (χ0) is 27.3. The molecule has 12 heteroatoms. The molecule has 0 aliphatic heterocycles. The summed E-state index contributed by atoms with van der Waals surface area (Å²) >= 11 is 20.0. The van der Waals surface area contributed by atoms with Crippen molar-refractivity contribution in [3.05, 3.63) is 91.1 Å². The molecule has 0 radical (unpaired) electrons. The van der Waals surface area contributed by atoms with Crippen LogP contribution in [0.4, 0.5) is 0 Å². The first kappa shape index (κ1) is 30.5. The summed E-state index contributed by atoms with van der Waals surface area (Å²) in [6.07, 6.45) is 0. The molecule has 0 amide bonds. The zero-order valence-corrected chi connectivity index (χ0v) is 22.7. The van der Waals surface area contributed by atoms with Crippen molar-refractivity contribution >= 4 is 62.3 Å². The molecule has 8 nitrogen and oxygen atoms in total. The quantitative estimate of drug-likeness (QED) is 0.180. The molecule has 0 N–H and O–H groups in total. The number of nitrogens with zero attached hydrogens (tertiary/aromatic N) is 6. The molecule has 0 spiro atoms. The summed E-state index contributed by atoms with van der Waals surface area (Å²) in [6.45, 7) is 7.44. The van der Waals surface area contributed by atoms with E-state index in [1.807, 2.05) is 19.1 Å². The molecule has 0 aliphatic rings. The lowest BCUT2D eigenvalue weighted by molar-refractivity contribution is 0.101. The monoisotopic (exact) mass is 604 g/mol. The number of rotatable bonds is 4. The highest BCUT2D eigenvalue weighted by Crippen LogP contribution is 2.18. The molecule has 0 saturated carbocycles. The van der Waals surface area contributed by atoms with Crippen LogP contribution >= 0.6 is 50.7 Å². The molecule has 3 heterocycles. The van der Waals surface area contributed by atoms with Crippen LogP contribution in [-0.4, -0.2) is 27.3 Å². The van der Waals surface area contributed by atoms with E-state index < -0.39 is 0 Å². The van der Waals surface area contributed by atoms with E-state index >= 15 is 0 Å². The van der Waals surface area contributed by atoms with Crippen LogP contribution in [0.1, 0.15) is 47.1 Å². The average molecular weight is 607 g/mol. The van der Waals surface area contributed by atoms with Gasteiger partial charge in [-0.1, -0.05) is 41.4 Å². The Labute approximate surface area is 231 Å². The third kappa shape index (κ3) is 9.62. The van der Waals surface area contributed by atoms with Gasteiger partial charge in [-0.15, -0.1) is 0 Å². The largest absolute Gasteiger partial charge is 0.492 e. The van der Waals surface area contributed by atoms with Crippen LogP contribution in [0, 0.1) is 34.0 Å². The van der Waals surface area contributed by atoms with Gasteiger partial charge in [-0.25, -0.2) is 15.0 Å². The van der Waals surface area contributed by atoms with Gasteiger partial charge >= 0.3 is 0 Å². The van der Waals surface area contributed by atoms with Gasteiger partial charge in [0.2, 0.25) is 0 Å². The highest BCUT2D eigenvalue weighted by Gasteiger charge is 2.07. The number of Topliss-reactive ketones (excluding diaryl/α,β-unsaturated/α-hetero) is 1. The number of hydrogen-bond donors (Lipinski definition) is 0. The van der Waals surface area contributed by atoms with E-state index in [0.717, 1.165) is 0 Å². The predicted octanol–water partition coefficient (Wildman–Crippen LogP) is 6.79. The van der Waals surface area contributed by atoms with Crippen molar-refractivity contribution in [2.45, 2.75) is 13.8 Å². The Balaban J connectivity index is 0.000000274. The number of ether oxygens (including phenoxy) is 1. The fourth-order valence-corrected chi connectivity index (χ4v) is 2.89. The maximum atomic E-state index is 10.8. The van der Waals surface area contributed by atoms with Crippen molar-refractivity contribution in [2.75, 3.05) is 6.61 Å². The molecule has 0 aromatic carbocycles. The van der Waals surface area contributed by atoms with Gasteiger partial charge < -0.3 is 4.74 Å². The maximum absolute atomic E-state index is 10.8. The van der Waals surface area contributed by atoms with Crippen LogP contribution in [0.3, 0.4) is 0 Å². The summed E-state index contributed by atoms with van der Waals surface area (Å²) in [6, 6.07) is 15.1. The van der Waals surface area contributed by atoms with E-state index in [2.05, 4.69) is 37.5 Å². The Bertz CT molecular complexity index is 1390. The lowest BCUT2D eigenvalue weighted by atomic mass is 10.2. The molecule has 3 rings (SSSR count). The summed E-state index contributed by atoms with van der Waals surface area (Å²) in [5.41, 5.74) is 1.31. The molecule has 3 aromatic heterocycles. The van der Waals surface area contributed by atoms with Gasteiger partial charge in [-0.3, -0.25) is 4.79 Å². The van der Waals surface area contributed by atoms with Gasteiger partial charge in [0.15, 0.2) is 22.9 Å². The smallest absolute Gasteiger partial charge is 0.178 e. The molecular weight excluding hydrogens is 591 g/mol. The van der Waals surface area contributed by atoms with Gasteiger partial charge in [0.05, 0.1) is 21.7 Å². The summed E-state index contributed by atoms with van der Waals surface area (Å²) in [5, 5.41) is 26.6. The molecule has 182 valence electrons. The second-order valence-corrected chi connectivity index (χ2v) is 8.30. The summed E-state index contributed by atoms with van der Waals surface area (Å²) in [7, 11) is 0. The third-order valence-corrected chi connectivity index (χ3v) is 5.14. The maximum Gasteiger partial charge on any atom is 0.178 e. The van der Waals surface area contributed by atoms with Gasteiger partial charge in [-0.2, -0.15) is 15.8 Å². The van der Waals surface area contributed by atoms with E-state index in [0.29, 0.717) is 32.7 Å². The Morgan fingerprint density at radius 3 is 1.69 bits per heavy atom. The second-order valence-electron chi connectivity index (χ2n) is 6.27. The highest BCUT2D eigenvalue weighted by molar-refractivity contribution is 9.10. The minimum absolute atomic E-state index is 0.0874. The normalized spacial score (nSPS) is 9.08. The number of pyridine rings is 3. The number of halogens is 4. The van der Waals surface area contributed by atoms with Crippen LogP contribution in [0.25, 0.3) is 5.76 Å². The minimum atomic E-state index is -0.178. The van der Waals surface area contributed by atoms with Crippen molar-refractivity contribution in [3.63, 3.8) is 0 Å². The van der Waals surface area contributed by atoms with Gasteiger partial charge in [0, 0.05) is 6.92 Å². The second kappa shape index (κ2) is 15.5. The highest BCUT2D eigenvalue weighted by atomic mass is 79.9. The van der Waals surface area contributed by atoms with Crippen LogP contribution in [0.15, 0.2) is 47.6 Å². The predicted molar refractivity (Wildman–Crippen MR) is 140 cm³/mol. The Hall–Kier alpha value is -3.52. The van der Waals surface area contributed by atoms with Crippen molar-refractivity contribution < 1.29 is 9.53 Å². The number of carbonyl (C=O) groups excluding carboxylic acids is 1. The number of nitriles is 3. The van der Waals surface area contributed by atoms with Crippen molar-refractivity contribution in [1.82, 2.24) is 15.0 Å². The van der Waals surface area contributed by atoms with Crippen LogP contribution in [-0.2, 0) is 4.74 Å². The summed E-state index contributed by atoms with van der Waals surface area (Å²) in [5.74, 6) is 0.267. The van der Waals surface area contributed by atoms with Crippen molar-refractivity contribution in [1.29, 1.82) is 15.8 Å². The van der Waals surface area contributed by atoms with Gasteiger partial charge in [0.1, 0.15) is 40.0 Å².